The lowest BCUT2D eigenvalue weighted by molar-refractivity contribution is 0.769. The minimum absolute atomic E-state index is 0.617. The quantitative estimate of drug-likeness (QED) is 0.387. The predicted octanol–water partition coefficient (Wildman–Crippen LogP) is 5.50. The van der Waals surface area contributed by atoms with Gasteiger partial charge < -0.3 is 9.55 Å². The number of rotatable bonds is 4. The molecule has 0 atom stereocenters. The average Bonchev–Trinajstić information content (AvgIpc) is 3.19. The first-order valence-corrected chi connectivity index (χ1v) is 9.35. The van der Waals surface area contributed by atoms with Crippen molar-refractivity contribution >= 4 is 39.8 Å². The van der Waals surface area contributed by atoms with Crippen LogP contribution in [0, 0.1) is 18.3 Å². The van der Waals surface area contributed by atoms with Crippen molar-refractivity contribution in [3.63, 3.8) is 0 Å². The summed E-state index contributed by atoms with van der Waals surface area (Å²) in [5.74, 6) is 0. The lowest BCUT2D eigenvalue weighted by Gasteiger charge is -2.03. The fourth-order valence-corrected chi connectivity index (χ4v) is 4.08. The summed E-state index contributed by atoms with van der Waals surface area (Å²) in [6.07, 6.45) is 1.97. The number of thioether (sulfide) groups is 1. The van der Waals surface area contributed by atoms with E-state index in [9.17, 15) is 5.26 Å². The molecular weight excluding hydrogens is 340 g/mol. The number of nitrogens with one attached hydrogen (secondary N) is 1. The predicted molar refractivity (Wildman–Crippen MR) is 108 cm³/mol. The Balaban J connectivity index is 1.77. The molecule has 4 nitrogen and oxygen atoms in total. The summed E-state index contributed by atoms with van der Waals surface area (Å²) < 4.78 is 2.28. The van der Waals surface area contributed by atoms with E-state index in [2.05, 4.69) is 52.7 Å². The molecule has 4 aromatic rings. The van der Waals surface area contributed by atoms with Crippen LogP contribution in [0.4, 0.5) is 0 Å². The van der Waals surface area contributed by atoms with Crippen molar-refractivity contribution in [3.05, 3.63) is 64.7 Å². The van der Waals surface area contributed by atoms with E-state index >= 15 is 0 Å². The summed E-state index contributed by atoms with van der Waals surface area (Å²) in [6.45, 7) is 5.15. The van der Waals surface area contributed by atoms with Crippen LogP contribution in [0.1, 0.15) is 18.2 Å². The second-order valence-electron chi connectivity index (χ2n) is 6.04. The number of para-hydroxylation sites is 3. The minimum Gasteiger partial charge on any atom is -0.345 e. The van der Waals surface area contributed by atoms with E-state index in [0.717, 1.165) is 28.3 Å². The number of H-pyrrole nitrogens is 1. The molecule has 1 N–H and O–H groups in total. The molecular formula is C21H18N4S. The number of aromatic nitrogens is 3. The van der Waals surface area contributed by atoms with E-state index in [1.165, 1.54) is 28.4 Å². The largest absolute Gasteiger partial charge is 0.345 e. The number of allylic oxidation sites excluding steroid dienone is 1. The van der Waals surface area contributed by atoms with Crippen LogP contribution >= 0.6 is 11.8 Å². The fourth-order valence-electron chi connectivity index (χ4n) is 3.34. The van der Waals surface area contributed by atoms with Gasteiger partial charge in [0.15, 0.2) is 5.16 Å². The van der Waals surface area contributed by atoms with Crippen LogP contribution in [0.5, 0.6) is 0 Å². The van der Waals surface area contributed by atoms with Crippen LogP contribution in [0.3, 0.4) is 0 Å². The summed E-state index contributed by atoms with van der Waals surface area (Å²) in [7, 11) is 0. The van der Waals surface area contributed by atoms with Crippen LogP contribution in [-0.4, -0.2) is 14.5 Å². The smallest absolute Gasteiger partial charge is 0.171 e. The SMILES string of the molecule is CCn1c(C)c(/C=C(\C#N)Sc2nc3ccccc3[nH]2)c2ccccc21. The lowest BCUT2D eigenvalue weighted by Crippen LogP contribution is -1.96. The zero-order valence-electron chi connectivity index (χ0n) is 14.7. The van der Waals surface area contributed by atoms with Gasteiger partial charge >= 0.3 is 0 Å². The summed E-state index contributed by atoms with van der Waals surface area (Å²) in [5.41, 5.74) is 5.36. The van der Waals surface area contributed by atoms with Crippen molar-refractivity contribution in [2.75, 3.05) is 0 Å². The van der Waals surface area contributed by atoms with Gasteiger partial charge in [-0.25, -0.2) is 4.98 Å². The van der Waals surface area contributed by atoms with Crippen molar-refractivity contribution in [1.29, 1.82) is 5.26 Å². The fraction of sp³-hybridized carbons (Fsp3) is 0.143. The van der Waals surface area contributed by atoms with Crippen LogP contribution in [0.2, 0.25) is 0 Å². The molecule has 0 radical (unpaired) electrons. The maximum Gasteiger partial charge on any atom is 0.171 e. The van der Waals surface area contributed by atoms with Crippen molar-refractivity contribution in [2.24, 2.45) is 0 Å². The first kappa shape index (κ1) is 16.5. The monoisotopic (exact) mass is 358 g/mol. The van der Waals surface area contributed by atoms with E-state index in [0.29, 0.717) is 4.91 Å². The van der Waals surface area contributed by atoms with Gasteiger partial charge in [0.2, 0.25) is 0 Å². The van der Waals surface area contributed by atoms with Gasteiger partial charge in [-0.3, -0.25) is 0 Å². The lowest BCUT2D eigenvalue weighted by atomic mass is 10.1. The number of benzene rings is 2. The average molecular weight is 358 g/mol. The second-order valence-corrected chi connectivity index (χ2v) is 7.07. The number of imidazole rings is 1. The standard InChI is InChI=1S/C21H18N4S/c1-3-25-14(2)17(16-8-4-7-11-20(16)25)12-15(13-22)26-21-23-18-9-5-6-10-19(18)24-21/h4-12H,3H2,1-2H3,(H,23,24)/b15-12+. The Morgan fingerprint density at radius 2 is 2.00 bits per heavy atom. The third kappa shape index (κ3) is 2.79. The molecule has 0 amide bonds. The minimum atomic E-state index is 0.617. The van der Waals surface area contributed by atoms with Crippen molar-refractivity contribution < 1.29 is 0 Å². The zero-order valence-corrected chi connectivity index (χ0v) is 15.5. The molecule has 4 rings (SSSR count). The van der Waals surface area contributed by atoms with Gasteiger partial charge in [0.25, 0.3) is 0 Å². The van der Waals surface area contributed by atoms with Gasteiger partial charge in [-0.05, 0) is 49.9 Å². The number of nitriles is 1. The molecule has 0 saturated carbocycles. The first-order valence-electron chi connectivity index (χ1n) is 8.53. The Labute approximate surface area is 156 Å². The molecule has 2 heterocycles. The van der Waals surface area contributed by atoms with Crippen LogP contribution in [0.25, 0.3) is 28.0 Å². The maximum absolute atomic E-state index is 9.66. The van der Waals surface area contributed by atoms with Crippen molar-refractivity contribution in [1.82, 2.24) is 14.5 Å². The molecule has 0 unspecified atom stereocenters. The van der Waals surface area contributed by atoms with Crippen molar-refractivity contribution in [2.45, 2.75) is 25.5 Å². The van der Waals surface area contributed by atoms with Crippen LogP contribution < -0.4 is 0 Å². The zero-order chi connectivity index (χ0) is 18.1. The number of fused-ring (bicyclic) bond motifs is 2. The molecule has 5 heteroatoms. The van der Waals surface area contributed by atoms with Gasteiger partial charge in [-0.2, -0.15) is 5.26 Å². The Bertz CT molecular complexity index is 1140. The van der Waals surface area contributed by atoms with Crippen LogP contribution in [0.15, 0.2) is 58.6 Å². The van der Waals surface area contributed by atoms with Gasteiger partial charge in [-0.15, -0.1) is 0 Å². The second kappa shape index (κ2) is 6.74. The molecule has 0 spiro atoms. The van der Waals surface area contributed by atoms with E-state index in [1.807, 2.05) is 36.4 Å². The number of hydrogen-bond donors (Lipinski definition) is 1. The number of aryl methyl sites for hydroxylation is 1. The maximum atomic E-state index is 9.66. The number of hydrogen-bond acceptors (Lipinski definition) is 3. The van der Waals surface area contributed by atoms with Crippen molar-refractivity contribution in [3.8, 4) is 6.07 Å². The molecule has 0 aliphatic carbocycles. The van der Waals surface area contributed by atoms with Gasteiger partial charge in [0.1, 0.15) is 6.07 Å². The Hall–Kier alpha value is -2.97. The number of nitrogens with zero attached hydrogens (tertiary/aromatic N) is 3. The van der Waals surface area contributed by atoms with Gasteiger partial charge in [0, 0.05) is 28.7 Å². The normalized spacial score (nSPS) is 12.0. The summed E-state index contributed by atoms with van der Waals surface area (Å²) >= 11 is 1.37. The molecule has 0 fully saturated rings. The first-order chi connectivity index (χ1) is 12.7. The highest BCUT2D eigenvalue weighted by Crippen LogP contribution is 2.32. The Morgan fingerprint density at radius 3 is 2.77 bits per heavy atom. The molecule has 26 heavy (non-hydrogen) atoms. The Kier molecular flexibility index (Phi) is 4.27. The highest BCUT2D eigenvalue weighted by Gasteiger charge is 2.13. The van der Waals surface area contributed by atoms with E-state index in [4.69, 9.17) is 0 Å². The third-order valence-electron chi connectivity index (χ3n) is 4.56. The molecule has 0 aliphatic rings. The molecule has 0 aliphatic heterocycles. The summed E-state index contributed by atoms with van der Waals surface area (Å²) in [5, 5.41) is 11.6. The molecule has 128 valence electrons. The molecule has 0 saturated heterocycles. The van der Waals surface area contributed by atoms with E-state index in [-0.39, 0.29) is 0 Å². The van der Waals surface area contributed by atoms with Gasteiger partial charge in [0.05, 0.1) is 15.9 Å². The van der Waals surface area contributed by atoms with Gasteiger partial charge in [-0.1, -0.05) is 30.3 Å². The third-order valence-corrected chi connectivity index (χ3v) is 5.37. The number of aromatic amines is 1. The Morgan fingerprint density at radius 1 is 1.23 bits per heavy atom. The summed E-state index contributed by atoms with van der Waals surface area (Å²) in [6, 6.07) is 18.5. The van der Waals surface area contributed by atoms with E-state index < -0.39 is 0 Å². The van der Waals surface area contributed by atoms with E-state index in [1.54, 1.807) is 0 Å². The topological polar surface area (TPSA) is 57.4 Å². The van der Waals surface area contributed by atoms with Crippen LogP contribution in [-0.2, 0) is 6.54 Å². The summed E-state index contributed by atoms with van der Waals surface area (Å²) in [4.78, 5) is 8.44. The highest BCUT2D eigenvalue weighted by molar-refractivity contribution is 8.03. The molecule has 0 bridgehead atoms. The molecule has 2 aromatic carbocycles. The highest BCUT2D eigenvalue weighted by atomic mass is 32.2. The molecule has 2 aromatic heterocycles.